The van der Waals surface area contributed by atoms with Gasteiger partial charge >= 0.3 is 5.97 Å². The van der Waals surface area contributed by atoms with Crippen LogP contribution in [0, 0.1) is 5.92 Å². The number of esters is 1. The number of carbonyl (C=O) groups is 2. The maximum Gasteiger partial charge on any atom is 0.310 e. The van der Waals surface area contributed by atoms with Gasteiger partial charge in [0.15, 0.2) is 0 Å². The first-order valence-corrected chi connectivity index (χ1v) is 12.5. The molecule has 1 aromatic rings. The Kier molecular flexibility index (Phi) is 7.94. The molecule has 2 saturated heterocycles. The molecule has 0 spiro atoms. The van der Waals surface area contributed by atoms with E-state index in [0.29, 0.717) is 44.8 Å². The molecule has 0 aromatic heterocycles. The average molecular weight is 453 g/mol. The SMILES string of the molecule is CCOC(=O)[C@H]1CCCN(C(=O)c2cc(S(=O)(=O)N3CCCCCC3)ccc2OC)C1. The smallest absolute Gasteiger partial charge is 0.310 e. The highest BCUT2D eigenvalue weighted by Crippen LogP contribution is 2.29. The Labute approximate surface area is 184 Å². The summed E-state index contributed by atoms with van der Waals surface area (Å²) in [6, 6.07) is 4.44. The Morgan fingerprint density at radius 1 is 1.06 bits per heavy atom. The van der Waals surface area contributed by atoms with Crippen molar-refractivity contribution in [2.45, 2.75) is 50.3 Å². The molecule has 1 atom stereocenters. The predicted octanol–water partition coefficient (Wildman–Crippen LogP) is 2.68. The highest BCUT2D eigenvalue weighted by molar-refractivity contribution is 7.89. The molecule has 2 heterocycles. The van der Waals surface area contributed by atoms with Crippen molar-refractivity contribution in [3.8, 4) is 5.75 Å². The Morgan fingerprint density at radius 3 is 2.42 bits per heavy atom. The largest absolute Gasteiger partial charge is 0.496 e. The molecule has 0 aliphatic carbocycles. The number of rotatable bonds is 6. The van der Waals surface area contributed by atoms with E-state index >= 15 is 0 Å². The number of likely N-dealkylation sites (tertiary alicyclic amines) is 1. The number of benzene rings is 1. The van der Waals surface area contributed by atoms with Gasteiger partial charge in [-0.2, -0.15) is 4.31 Å². The minimum Gasteiger partial charge on any atom is -0.496 e. The summed E-state index contributed by atoms with van der Waals surface area (Å²) in [5.74, 6) is -0.686. The molecule has 31 heavy (non-hydrogen) atoms. The van der Waals surface area contributed by atoms with Crippen molar-refractivity contribution in [3.63, 3.8) is 0 Å². The molecule has 9 heteroatoms. The fraction of sp³-hybridized carbons (Fsp3) is 0.636. The fourth-order valence-electron chi connectivity index (χ4n) is 4.23. The van der Waals surface area contributed by atoms with E-state index in [1.807, 2.05) is 0 Å². The van der Waals surface area contributed by atoms with E-state index in [-0.39, 0.29) is 34.8 Å². The summed E-state index contributed by atoms with van der Waals surface area (Å²) >= 11 is 0. The predicted molar refractivity (Wildman–Crippen MR) is 115 cm³/mol. The normalized spacial score (nSPS) is 20.7. The topological polar surface area (TPSA) is 93.2 Å². The molecule has 1 aromatic carbocycles. The molecule has 2 fully saturated rings. The highest BCUT2D eigenvalue weighted by atomic mass is 32.2. The van der Waals surface area contributed by atoms with Crippen LogP contribution in [0.15, 0.2) is 23.1 Å². The van der Waals surface area contributed by atoms with Gasteiger partial charge in [0.25, 0.3) is 5.91 Å². The second-order valence-corrected chi connectivity index (χ2v) is 9.96. The van der Waals surface area contributed by atoms with E-state index in [0.717, 1.165) is 25.7 Å². The molecule has 1 amide bonds. The third-order valence-corrected chi connectivity index (χ3v) is 7.83. The second-order valence-electron chi connectivity index (χ2n) is 8.02. The molecule has 0 N–H and O–H groups in total. The lowest BCUT2D eigenvalue weighted by atomic mass is 9.97. The van der Waals surface area contributed by atoms with Crippen molar-refractivity contribution in [1.82, 2.24) is 9.21 Å². The number of piperidine rings is 1. The van der Waals surface area contributed by atoms with E-state index in [4.69, 9.17) is 9.47 Å². The van der Waals surface area contributed by atoms with Gasteiger partial charge in [-0.15, -0.1) is 0 Å². The van der Waals surface area contributed by atoms with Crippen LogP contribution in [0.25, 0.3) is 0 Å². The van der Waals surface area contributed by atoms with Crippen LogP contribution in [0.4, 0.5) is 0 Å². The van der Waals surface area contributed by atoms with Crippen LogP contribution in [0.2, 0.25) is 0 Å². The van der Waals surface area contributed by atoms with Gasteiger partial charge in [-0.1, -0.05) is 12.8 Å². The molecule has 172 valence electrons. The quantitative estimate of drug-likeness (QED) is 0.616. The summed E-state index contributed by atoms with van der Waals surface area (Å²) in [5, 5.41) is 0. The number of hydrogen-bond acceptors (Lipinski definition) is 6. The summed E-state index contributed by atoms with van der Waals surface area (Å²) in [4.78, 5) is 27.1. The Hall–Kier alpha value is -2.13. The molecule has 0 saturated carbocycles. The number of hydrogen-bond donors (Lipinski definition) is 0. The zero-order valence-electron chi connectivity index (χ0n) is 18.3. The third kappa shape index (κ3) is 5.38. The summed E-state index contributed by atoms with van der Waals surface area (Å²) in [6.45, 7) is 3.79. The zero-order chi connectivity index (χ0) is 22.4. The Balaban J connectivity index is 1.86. The highest BCUT2D eigenvalue weighted by Gasteiger charge is 2.32. The summed E-state index contributed by atoms with van der Waals surface area (Å²) in [5.41, 5.74) is 0.197. The van der Waals surface area contributed by atoms with E-state index in [9.17, 15) is 18.0 Å². The van der Waals surface area contributed by atoms with E-state index < -0.39 is 10.0 Å². The molecular formula is C22H32N2O6S. The lowest BCUT2D eigenvalue weighted by Gasteiger charge is -2.32. The lowest BCUT2D eigenvalue weighted by molar-refractivity contribution is -0.149. The van der Waals surface area contributed by atoms with Gasteiger partial charge < -0.3 is 14.4 Å². The molecule has 0 unspecified atom stereocenters. The van der Waals surface area contributed by atoms with Crippen LogP contribution >= 0.6 is 0 Å². The number of methoxy groups -OCH3 is 1. The number of amides is 1. The van der Waals surface area contributed by atoms with Crippen LogP contribution in [0.3, 0.4) is 0 Å². The second kappa shape index (κ2) is 10.5. The first kappa shape index (κ1) is 23.5. The maximum atomic E-state index is 13.3. The van der Waals surface area contributed by atoms with Gasteiger partial charge in [0.05, 0.1) is 30.1 Å². The minimum atomic E-state index is -3.70. The van der Waals surface area contributed by atoms with Crippen molar-refractivity contribution >= 4 is 21.9 Å². The zero-order valence-corrected chi connectivity index (χ0v) is 19.2. The molecule has 3 rings (SSSR count). The number of carbonyl (C=O) groups excluding carboxylic acids is 2. The molecule has 2 aliphatic heterocycles. The van der Waals surface area contributed by atoms with Crippen LogP contribution < -0.4 is 4.74 Å². The van der Waals surface area contributed by atoms with E-state index in [2.05, 4.69) is 0 Å². The maximum absolute atomic E-state index is 13.3. The minimum absolute atomic E-state index is 0.0949. The van der Waals surface area contributed by atoms with Gasteiger partial charge in [-0.3, -0.25) is 9.59 Å². The molecule has 8 nitrogen and oxygen atoms in total. The van der Waals surface area contributed by atoms with E-state index in [1.54, 1.807) is 11.8 Å². The Bertz CT molecular complexity index is 893. The van der Waals surface area contributed by atoms with Crippen LogP contribution in [0.5, 0.6) is 5.75 Å². The molecule has 0 bridgehead atoms. The van der Waals surface area contributed by atoms with Gasteiger partial charge in [-0.25, -0.2) is 8.42 Å². The Morgan fingerprint density at radius 2 is 1.77 bits per heavy atom. The van der Waals surface area contributed by atoms with Gasteiger partial charge in [0.2, 0.25) is 10.0 Å². The van der Waals surface area contributed by atoms with Gasteiger partial charge in [0.1, 0.15) is 5.75 Å². The molecular weight excluding hydrogens is 420 g/mol. The summed E-state index contributed by atoms with van der Waals surface area (Å²) in [6.07, 6.45) is 5.07. The standard InChI is InChI=1S/C22H32N2O6S/c1-3-30-22(26)17-9-8-12-23(16-17)21(25)19-15-18(10-11-20(19)29-2)31(27,28)24-13-6-4-5-7-14-24/h10-11,15,17H,3-9,12-14,16H2,1-2H3/t17-/m0/s1. The van der Waals surface area contributed by atoms with Gasteiger partial charge in [0, 0.05) is 26.2 Å². The van der Waals surface area contributed by atoms with Crippen molar-refractivity contribution in [3.05, 3.63) is 23.8 Å². The third-order valence-electron chi connectivity index (χ3n) is 5.93. The molecule has 2 aliphatic rings. The van der Waals surface area contributed by atoms with Gasteiger partial charge in [-0.05, 0) is 50.8 Å². The van der Waals surface area contributed by atoms with E-state index in [1.165, 1.54) is 29.6 Å². The average Bonchev–Trinajstić information content (AvgIpc) is 3.08. The number of sulfonamides is 1. The number of nitrogens with zero attached hydrogens (tertiary/aromatic N) is 2. The van der Waals surface area contributed by atoms with Crippen LogP contribution in [0.1, 0.15) is 55.8 Å². The summed E-state index contributed by atoms with van der Waals surface area (Å²) < 4.78 is 38.4. The molecule has 0 radical (unpaired) electrons. The van der Waals surface area contributed by atoms with Crippen molar-refractivity contribution in [2.75, 3.05) is 39.9 Å². The van der Waals surface area contributed by atoms with Crippen molar-refractivity contribution < 1.29 is 27.5 Å². The fourth-order valence-corrected chi connectivity index (χ4v) is 5.77. The number of ether oxygens (including phenoxy) is 2. The summed E-state index contributed by atoms with van der Waals surface area (Å²) in [7, 11) is -2.24. The first-order valence-electron chi connectivity index (χ1n) is 11.0. The van der Waals surface area contributed by atoms with Crippen LogP contribution in [-0.2, 0) is 19.6 Å². The lowest BCUT2D eigenvalue weighted by Crippen LogP contribution is -2.43. The monoisotopic (exact) mass is 452 g/mol. The van der Waals surface area contributed by atoms with Crippen molar-refractivity contribution in [2.24, 2.45) is 5.92 Å². The first-order chi connectivity index (χ1) is 14.9. The van der Waals surface area contributed by atoms with Crippen molar-refractivity contribution in [1.29, 1.82) is 0 Å². The van der Waals surface area contributed by atoms with Crippen LogP contribution in [-0.4, -0.2) is 69.4 Å².